The number of Topliss-reactive ketones (excluding diaryl/α,β-unsaturated/α-hetero) is 1. The summed E-state index contributed by atoms with van der Waals surface area (Å²) in [7, 11) is 0. The zero-order valence-corrected chi connectivity index (χ0v) is 11.2. The molecule has 1 heterocycles. The van der Waals surface area contributed by atoms with Crippen LogP contribution in [-0.2, 0) is 9.53 Å². The van der Waals surface area contributed by atoms with Crippen LogP contribution in [0.1, 0.15) is 47.5 Å². The molecule has 2 N–H and O–H groups in total. The molecule has 0 radical (unpaired) electrons. The number of carbonyl (C=O) groups is 1. The largest absolute Gasteiger partial charge is 0.369 e. The van der Waals surface area contributed by atoms with E-state index in [2.05, 4.69) is 0 Å². The molecular weight excluding hydrogens is 202 g/mol. The molecule has 0 bridgehead atoms. The Morgan fingerprint density at radius 1 is 1.44 bits per heavy atom. The molecule has 2 atom stereocenters. The average molecular weight is 227 g/mol. The Bertz CT molecular complexity index is 267. The number of hydrogen-bond acceptors (Lipinski definition) is 3. The van der Waals surface area contributed by atoms with Crippen LogP contribution in [0.25, 0.3) is 0 Å². The molecule has 0 saturated carbocycles. The molecule has 0 aromatic carbocycles. The Morgan fingerprint density at radius 2 is 2.00 bits per heavy atom. The number of nitrogens with two attached hydrogens (primary N) is 1. The molecule has 1 saturated heterocycles. The molecule has 2 unspecified atom stereocenters. The lowest BCUT2D eigenvalue weighted by molar-refractivity contribution is -0.133. The summed E-state index contributed by atoms with van der Waals surface area (Å²) in [5.41, 5.74) is 5.09. The molecule has 0 spiro atoms. The Labute approximate surface area is 98.7 Å². The van der Waals surface area contributed by atoms with Crippen LogP contribution < -0.4 is 5.73 Å². The van der Waals surface area contributed by atoms with Crippen molar-refractivity contribution in [3.8, 4) is 0 Å². The Balaban J connectivity index is 2.84. The highest BCUT2D eigenvalue weighted by Crippen LogP contribution is 2.43. The van der Waals surface area contributed by atoms with Gasteiger partial charge in [-0.2, -0.15) is 0 Å². The molecule has 16 heavy (non-hydrogen) atoms. The first kappa shape index (κ1) is 13.7. The predicted octanol–water partition coefficient (Wildman–Crippen LogP) is 2.13. The van der Waals surface area contributed by atoms with E-state index in [9.17, 15) is 4.79 Å². The summed E-state index contributed by atoms with van der Waals surface area (Å²) in [5.74, 6) is 0.248. The van der Waals surface area contributed by atoms with Crippen LogP contribution in [0.3, 0.4) is 0 Å². The Hall–Kier alpha value is -0.410. The van der Waals surface area contributed by atoms with E-state index in [-0.39, 0.29) is 28.8 Å². The van der Waals surface area contributed by atoms with Crippen molar-refractivity contribution in [1.82, 2.24) is 0 Å². The van der Waals surface area contributed by atoms with E-state index in [1.165, 1.54) is 0 Å². The lowest BCUT2D eigenvalue weighted by atomic mass is 9.79. The van der Waals surface area contributed by atoms with Gasteiger partial charge < -0.3 is 10.5 Å². The fourth-order valence-corrected chi connectivity index (χ4v) is 2.77. The minimum Gasteiger partial charge on any atom is -0.369 e. The second kappa shape index (κ2) is 4.46. The number of rotatable bonds is 4. The molecule has 0 aromatic heterocycles. The first-order chi connectivity index (χ1) is 7.23. The van der Waals surface area contributed by atoms with Gasteiger partial charge in [0, 0.05) is 18.4 Å². The van der Waals surface area contributed by atoms with Crippen molar-refractivity contribution in [3.63, 3.8) is 0 Å². The topological polar surface area (TPSA) is 52.3 Å². The van der Waals surface area contributed by atoms with E-state index in [0.29, 0.717) is 6.54 Å². The summed E-state index contributed by atoms with van der Waals surface area (Å²) in [4.78, 5) is 12.4. The van der Waals surface area contributed by atoms with Gasteiger partial charge in [-0.15, -0.1) is 0 Å². The molecule has 0 aromatic rings. The fourth-order valence-electron chi connectivity index (χ4n) is 2.77. The van der Waals surface area contributed by atoms with Crippen LogP contribution >= 0.6 is 0 Å². The van der Waals surface area contributed by atoms with Gasteiger partial charge in [0.2, 0.25) is 0 Å². The van der Waals surface area contributed by atoms with Gasteiger partial charge in [-0.3, -0.25) is 4.79 Å². The SMILES string of the molecule is CCC(CN)C(=O)C1CC(C)(C)OC1(C)C. The minimum absolute atomic E-state index is 0.0122. The van der Waals surface area contributed by atoms with Gasteiger partial charge in [0.1, 0.15) is 5.78 Å². The maximum atomic E-state index is 12.4. The van der Waals surface area contributed by atoms with Crippen molar-refractivity contribution in [2.45, 2.75) is 58.7 Å². The van der Waals surface area contributed by atoms with Crippen molar-refractivity contribution in [1.29, 1.82) is 0 Å². The van der Waals surface area contributed by atoms with Gasteiger partial charge >= 0.3 is 0 Å². The lowest BCUT2D eigenvalue weighted by Crippen LogP contribution is -2.38. The summed E-state index contributed by atoms with van der Waals surface area (Å²) in [6, 6.07) is 0. The standard InChI is InChI=1S/C13H25NO2/c1-6-9(8-14)11(15)10-7-12(2,3)16-13(10,4)5/h9-10H,6-8,14H2,1-5H3. The number of ether oxygens (including phenoxy) is 1. The van der Waals surface area contributed by atoms with Gasteiger partial charge in [0.15, 0.2) is 0 Å². The van der Waals surface area contributed by atoms with Crippen LogP contribution in [0.4, 0.5) is 0 Å². The smallest absolute Gasteiger partial charge is 0.143 e. The summed E-state index contributed by atoms with van der Waals surface area (Å²) in [6.45, 7) is 10.6. The molecule has 1 aliphatic rings. The van der Waals surface area contributed by atoms with Gasteiger partial charge in [0.05, 0.1) is 11.2 Å². The maximum Gasteiger partial charge on any atom is 0.143 e. The summed E-state index contributed by atoms with van der Waals surface area (Å²) in [5, 5.41) is 0. The average Bonchev–Trinajstić information content (AvgIpc) is 2.36. The van der Waals surface area contributed by atoms with E-state index < -0.39 is 0 Å². The Morgan fingerprint density at radius 3 is 2.31 bits per heavy atom. The fraction of sp³-hybridized carbons (Fsp3) is 0.923. The van der Waals surface area contributed by atoms with Crippen molar-refractivity contribution in [2.75, 3.05) is 6.54 Å². The summed E-state index contributed by atoms with van der Waals surface area (Å²) >= 11 is 0. The molecule has 1 rings (SSSR count). The summed E-state index contributed by atoms with van der Waals surface area (Å²) in [6.07, 6.45) is 1.62. The van der Waals surface area contributed by atoms with Crippen molar-refractivity contribution >= 4 is 5.78 Å². The van der Waals surface area contributed by atoms with Crippen LogP contribution in [-0.4, -0.2) is 23.5 Å². The lowest BCUT2D eigenvalue weighted by Gasteiger charge is -2.28. The quantitative estimate of drug-likeness (QED) is 0.800. The first-order valence-electron chi connectivity index (χ1n) is 6.17. The van der Waals surface area contributed by atoms with Crippen molar-refractivity contribution in [3.05, 3.63) is 0 Å². The molecular formula is C13H25NO2. The highest BCUT2D eigenvalue weighted by atomic mass is 16.5. The zero-order chi connectivity index (χ0) is 12.6. The van der Waals surface area contributed by atoms with Crippen LogP contribution in [0.15, 0.2) is 0 Å². The summed E-state index contributed by atoms with van der Waals surface area (Å²) < 4.78 is 5.95. The third-order valence-electron chi connectivity index (χ3n) is 3.60. The van der Waals surface area contributed by atoms with E-state index in [1.807, 2.05) is 34.6 Å². The molecule has 0 aliphatic carbocycles. The predicted molar refractivity (Wildman–Crippen MR) is 65.2 cm³/mol. The van der Waals surface area contributed by atoms with Gasteiger partial charge in [-0.1, -0.05) is 6.92 Å². The molecule has 3 heteroatoms. The molecule has 1 fully saturated rings. The molecule has 0 amide bonds. The normalized spacial score (nSPS) is 29.0. The second-order valence-electron chi connectivity index (χ2n) is 5.97. The third kappa shape index (κ3) is 2.64. The Kier molecular flexibility index (Phi) is 3.80. The van der Waals surface area contributed by atoms with Crippen molar-refractivity contribution in [2.24, 2.45) is 17.6 Å². The van der Waals surface area contributed by atoms with E-state index in [4.69, 9.17) is 10.5 Å². The van der Waals surface area contributed by atoms with E-state index >= 15 is 0 Å². The molecule has 3 nitrogen and oxygen atoms in total. The maximum absolute atomic E-state index is 12.4. The molecule has 94 valence electrons. The van der Waals surface area contributed by atoms with Gasteiger partial charge in [0.25, 0.3) is 0 Å². The molecule has 1 aliphatic heterocycles. The van der Waals surface area contributed by atoms with E-state index in [0.717, 1.165) is 12.8 Å². The third-order valence-corrected chi connectivity index (χ3v) is 3.60. The minimum atomic E-state index is -0.358. The van der Waals surface area contributed by atoms with Crippen molar-refractivity contribution < 1.29 is 9.53 Å². The van der Waals surface area contributed by atoms with Gasteiger partial charge in [-0.25, -0.2) is 0 Å². The first-order valence-corrected chi connectivity index (χ1v) is 6.17. The zero-order valence-electron chi connectivity index (χ0n) is 11.2. The van der Waals surface area contributed by atoms with Crippen LogP contribution in [0.5, 0.6) is 0 Å². The number of ketones is 1. The monoisotopic (exact) mass is 227 g/mol. The highest BCUT2D eigenvalue weighted by molar-refractivity contribution is 5.85. The van der Waals surface area contributed by atoms with Crippen LogP contribution in [0, 0.1) is 11.8 Å². The van der Waals surface area contributed by atoms with Crippen LogP contribution in [0.2, 0.25) is 0 Å². The second-order valence-corrected chi connectivity index (χ2v) is 5.97. The highest BCUT2D eigenvalue weighted by Gasteiger charge is 2.49. The number of carbonyl (C=O) groups excluding carboxylic acids is 1. The number of hydrogen-bond donors (Lipinski definition) is 1. The van der Waals surface area contributed by atoms with E-state index in [1.54, 1.807) is 0 Å². The van der Waals surface area contributed by atoms with Gasteiger partial charge in [-0.05, 0) is 40.5 Å².